The third kappa shape index (κ3) is 4.90. The van der Waals surface area contributed by atoms with Gasteiger partial charge in [-0.1, -0.05) is 6.07 Å². The van der Waals surface area contributed by atoms with E-state index in [4.69, 9.17) is 4.74 Å². The second-order valence-electron chi connectivity index (χ2n) is 7.18. The Labute approximate surface area is 151 Å². The molecule has 2 heterocycles. The molecular weight excluding hydrogens is 345 g/mol. The van der Waals surface area contributed by atoms with Crippen LogP contribution in [0.15, 0.2) is 24.3 Å². The summed E-state index contributed by atoms with van der Waals surface area (Å²) >= 11 is 0. The molecule has 1 aromatic carbocycles. The van der Waals surface area contributed by atoms with Gasteiger partial charge in [0.15, 0.2) is 0 Å². The first-order valence-electron chi connectivity index (χ1n) is 9.23. The summed E-state index contributed by atoms with van der Waals surface area (Å²) in [5.74, 6) is 0.444. The molecule has 1 N–H and O–H groups in total. The normalized spacial score (nSPS) is 24.3. The van der Waals surface area contributed by atoms with Gasteiger partial charge in [0.1, 0.15) is 5.75 Å². The van der Waals surface area contributed by atoms with Crippen LogP contribution in [0.2, 0.25) is 0 Å². The summed E-state index contributed by atoms with van der Waals surface area (Å²) in [4.78, 5) is 14.6. The zero-order valence-electron chi connectivity index (χ0n) is 14.7. The van der Waals surface area contributed by atoms with Crippen molar-refractivity contribution in [2.75, 3.05) is 32.8 Å². The molecule has 4 nitrogen and oxygen atoms in total. The fourth-order valence-corrected chi connectivity index (χ4v) is 3.69. The van der Waals surface area contributed by atoms with Crippen molar-refractivity contribution in [2.24, 2.45) is 11.8 Å². The van der Waals surface area contributed by atoms with E-state index in [9.17, 15) is 18.0 Å². The van der Waals surface area contributed by atoms with Gasteiger partial charge in [0.2, 0.25) is 5.91 Å². The highest BCUT2D eigenvalue weighted by Gasteiger charge is 2.32. The molecule has 2 fully saturated rings. The van der Waals surface area contributed by atoms with E-state index >= 15 is 0 Å². The lowest BCUT2D eigenvalue weighted by molar-refractivity contribution is -0.138. The number of carbonyl (C=O) groups is 1. The van der Waals surface area contributed by atoms with Gasteiger partial charge >= 0.3 is 6.18 Å². The minimum Gasteiger partial charge on any atom is -0.493 e. The summed E-state index contributed by atoms with van der Waals surface area (Å²) in [7, 11) is 0. The molecule has 0 radical (unpaired) electrons. The fraction of sp³-hybridized carbons (Fsp3) is 0.632. The first-order valence-corrected chi connectivity index (χ1v) is 9.23. The number of likely N-dealkylation sites (tertiary alicyclic amines) is 1. The van der Waals surface area contributed by atoms with E-state index < -0.39 is 11.7 Å². The Morgan fingerprint density at radius 3 is 2.69 bits per heavy atom. The number of alkyl halides is 3. The Balaban J connectivity index is 1.53. The average Bonchev–Trinajstić information content (AvgIpc) is 2.66. The van der Waals surface area contributed by atoms with E-state index in [1.807, 2.05) is 4.90 Å². The lowest BCUT2D eigenvalue weighted by Crippen LogP contribution is -2.48. The van der Waals surface area contributed by atoms with Gasteiger partial charge in [-0.3, -0.25) is 4.79 Å². The van der Waals surface area contributed by atoms with Crippen LogP contribution in [0.25, 0.3) is 0 Å². The van der Waals surface area contributed by atoms with Crippen molar-refractivity contribution in [3.63, 3.8) is 0 Å². The zero-order chi connectivity index (χ0) is 18.6. The summed E-state index contributed by atoms with van der Waals surface area (Å²) in [6.45, 7) is 3.34. The molecule has 2 aliphatic rings. The summed E-state index contributed by atoms with van der Waals surface area (Å²) in [5.41, 5.74) is -0.713. The molecule has 0 aromatic heterocycles. The Morgan fingerprint density at radius 2 is 1.96 bits per heavy atom. The maximum absolute atomic E-state index is 12.8. The van der Waals surface area contributed by atoms with Crippen molar-refractivity contribution >= 4 is 5.91 Å². The van der Waals surface area contributed by atoms with Gasteiger partial charge in [-0.05, 0) is 43.9 Å². The number of carbonyl (C=O) groups excluding carboxylic acids is 1. The van der Waals surface area contributed by atoms with Crippen molar-refractivity contribution in [3.05, 3.63) is 29.8 Å². The van der Waals surface area contributed by atoms with Crippen LogP contribution < -0.4 is 10.1 Å². The summed E-state index contributed by atoms with van der Waals surface area (Å²) in [5, 5.41) is 3.27. The number of ether oxygens (including phenoxy) is 1. The quantitative estimate of drug-likeness (QED) is 0.884. The smallest absolute Gasteiger partial charge is 0.416 e. The van der Waals surface area contributed by atoms with E-state index in [0.29, 0.717) is 26.1 Å². The molecule has 7 heteroatoms. The van der Waals surface area contributed by atoms with Crippen molar-refractivity contribution in [1.29, 1.82) is 0 Å². The molecular formula is C19H25F3N2O2. The third-order valence-electron chi connectivity index (χ3n) is 5.11. The van der Waals surface area contributed by atoms with E-state index in [0.717, 1.165) is 38.1 Å². The molecule has 2 aliphatic heterocycles. The van der Waals surface area contributed by atoms with E-state index in [-0.39, 0.29) is 23.5 Å². The number of amides is 1. The zero-order valence-corrected chi connectivity index (χ0v) is 14.7. The number of nitrogens with one attached hydrogen (secondary N) is 1. The molecule has 26 heavy (non-hydrogen) atoms. The number of piperidine rings is 2. The number of rotatable bonds is 4. The first-order chi connectivity index (χ1) is 12.4. The molecule has 144 valence electrons. The molecule has 3 rings (SSSR count). The highest BCUT2D eigenvalue weighted by Crippen LogP contribution is 2.31. The van der Waals surface area contributed by atoms with Gasteiger partial charge in [-0.2, -0.15) is 13.2 Å². The number of benzene rings is 1. The number of nitrogens with zero attached hydrogens (tertiary/aromatic N) is 1. The highest BCUT2D eigenvalue weighted by molar-refractivity contribution is 5.79. The van der Waals surface area contributed by atoms with Crippen LogP contribution in [-0.4, -0.2) is 43.6 Å². The molecule has 0 unspecified atom stereocenters. The van der Waals surface area contributed by atoms with Crippen LogP contribution in [-0.2, 0) is 11.0 Å². The van der Waals surface area contributed by atoms with Crippen LogP contribution in [0.3, 0.4) is 0 Å². The predicted molar refractivity (Wildman–Crippen MR) is 91.8 cm³/mol. The molecule has 2 atom stereocenters. The van der Waals surface area contributed by atoms with Gasteiger partial charge < -0.3 is 15.0 Å². The highest BCUT2D eigenvalue weighted by atomic mass is 19.4. The summed E-state index contributed by atoms with van der Waals surface area (Å²) < 4.78 is 43.9. The second kappa shape index (κ2) is 8.29. The van der Waals surface area contributed by atoms with Crippen LogP contribution >= 0.6 is 0 Å². The Morgan fingerprint density at radius 1 is 1.19 bits per heavy atom. The Hall–Kier alpha value is -1.76. The fourth-order valence-electron chi connectivity index (χ4n) is 3.69. The standard InChI is InChI=1S/C19H25F3N2O2/c20-19(21,22)16-5-4-6-17(10-16)26-13-14-9-15(12-23-11-14)18(25)24-7-2-1-3-8-24/h4-6,10,14-15,23H,1-3,7-9,11-13H2/t14-,15+/m0/s1. The van der Waals surface area contributed by atoms with Crippen molar-refractivity contribution in [2.45, 2.75) is 31.9 Å². The summed E-state index contributed by atoms with van der Waals surface area (Å²) in [6.07, 6.45) is -0.360. The van der Waals surface area contributed by atoms with Gasteiger partial charge in [0.25, 0.3) is 0 Å². The van der Waals surface area contributed by atoms with Crippen LogP contribution in [0, 0.1) is 11.8 Å². The number of hydrogen-bond acceptors (Lipinski definition) is 3. The molecule has 0 saturated carbocycles. The van der Waals surface area contributed by atoms with Crippen molar-refractivity contribution < 1.29 is 22.7 Å². The Kier molecular flexibility index (Phi) is 6.06. The first kappa shape index (κ1) is 19.0. The largest absolute Gasteiger partial charge is 0.493 e. The topological polar surface area (TPSA) is 41.6 Å². The van der Waals surface area contributed by atoms with Crippen LogP contribution in [0.4, 0.5) is 13.2 Å². The monoisotopic (exact) mass is 370 g/mol. The second-order valence-corrected chi connectivity index (χ2v) is 7.18. The minimum absolute atomic E-state index is 0.0723. The Bertz CT molecular complexity index is 615. The SMILES string of the molecule is O=C([C@H]1CNC[C@@H](COc2cccc(C(F)(F)F)c2)C1)N1CCCCC1. The van der Waals surface area contributed by atoms with Crippen molar-refractivity contribution in [3.8, 4) is 5.75 Å². The maximum atomic E-state index is 12.8. The molecule has 1 amide bonds. The van der Waals surface area contributed by atoms with E-state index in [2.05, 4.69) is 5.32 Å². The maximum Gasteiger partial charge on any atom is 0.416 e. The van der Waals surface area contributed by atoms with Gasteiger partial charge in [0.05, 0.1) is 18.1 Å². The summed E-state index contributed by atoms with van der Waals surface area (Å²) in [6, 6.07) is 4.93. The van der Waals surface area contributed by atoms with Gasteiger partial charge in [-0.15, -0.1) is 0 Å². The lowest BCUT2D eigenvalue weighted by Gasteiger charge is -2.34. The molecule has 0 aliphatic carbocycles. The molecule has 2 saturated heterocycles. The van der Waals surface area contributed by atoms with E-state index in [1.54, 1.807) is 0 Å². The number of halogens is 3. The predicted octanol–water partition coefficient (Wildman–Crippen LogP) is 3.32. The lowest BCUT2D eigenvalue weighted by atomic mass is 9.89. The van der Waals surface area contributed by atoms with Crippen LogP contribution in [0.5, 0.6) is 5.75 Å². The van der Waals surface area contributed by atoms with Crippen LogP contribution in [0.1, 0.15) is 31.2 Å². The van der Waals surface area contributed by atoms with E-state index in [1.165, 1.54) is 18.6 Å². The molecule has 0 spiro atoms. The molecule has 1 aromatic rings. The molecule has 0 bridgehead atoms. The third-order valence-corrected chi connectivity index (χ3v) is 5.11. The van der Waals surface area contributed by atoms with Gasteiger partial charge in [0, 0.05) is 32.1 Å². The number of hydrogen-bond donors (Lipinski definition) is 1. The van der Waals surface area contributed by atoms with Crippen molar-refractivity contribution in [1.82, 2.24) is 10.2 Å². The van der Waals surface area contributed by atoms with Gasteiger partial charge in [-0.25, -0.2) is 0 Å². The average molecular weight is 370 g/mol. The minimum atomic E-state index is -4.38.